The quantitative estimate of drug-likeness (QED) is 0.715. The van der Waals surface area contributed by atoms with Crippen LogP contribution in [0.5, 0.6) is 11.5 Å². The molecule has 22 heavy (non-hydrogen) atoms. The molecule has 0 saturated carbocycles. The van der Waals surface area contributed by atoms with Gasteiger partial charge in [0.1, 0.15) is 0 Å². The van der Waals surface area contributed by atoms with Crippen LogP contribution in [0.1, 0.15) is 46.5 Å². The largest absolute Gasteiger partial charge is 0.493 e. The van der Waals surface area contributed by atoms with Crippen LogP contribution in [0.2, 0.25) is 0 Å². The maximum Gasteiger partial charge on any atom is 0.260 e. The van der Waals surface area contributed by atoms with Crippen LogP contribution >= 0.6 is 0 Å². The zero-order chi connectivity index (χ0) is 16.4. The Morgan fingerprint density at radius 2 is 1.91 bits per heavy atom. The molecular formula is C18H29NO3. The van der Waals surface area contributed by atoms with Gasteiger partial charge in [-0.3, -0.25) is 4.79 Å². The summed E-state index contributed by atoms with van der Waals surface area (Å²) in [5.41, 5.74) is 0. The minimum absolute atomic E-state index is 0.0825. The van der Waals surface area contributed by atoms with Gasteiger partial charge < -0.3 is 14.8 Å². The molecule has 1 aromatic rings. The monoisotopic (exact) mass is 307 g/mol. The molecule has 1 N–H and O–H groups in total. The van der Waals surface area contributed by atoms with Gasteiger partial charge >= 0.3 is 0 Å². The van der Waals surface area contributed by atoms with Crippen LogP contribution in [0.15, 0.2) is 24.3 Å². The highest BCUT2D eigenvalue weighted by Gasteiger charge is 2.17. The molecule has 0 spiro atoms. The molecule has 4 nitrogen and oxygen atoms in total. The summed E-state index contributed by atoms with van der Waals surface area (Å²) in [6.07, 6.45) is 4.11. The van der Waals surface area contributed by atoms with Crippen molar-refractivity contribution in [3.8, 4) is 11.5 Å². The van der Waals surface area contributed by atoms with Crippen molar-refractivity contribution in [1.82, 2.24) is 5.32 Å². The predicted molar refractivity (Wildman–Crippen MR) is 89.4 cm³/mol. The van der Waals surface area contributed by atoms with Gasteiger partial charge in [-0.25, -0.2) is 0 Å². The number of para-hydroxylation sites is 2. The number of unbranched alkanes of at least 4 members (excludes halogenated alkanes) is 1. The lowest BCUT2D eigenvalue weighted by molar-refractivity contribution is -0.127. The van der Waals surface area contributed by atoms with E-state index in [0.717, 1.165) is 19.4 Å². The van der Waals surface area contributed by atoms with Crippen molar-refractivity contribution >= 4 is 5.91 Å². The van der Waals surface area contributed by atoms with Crippen molar-refractivity contribution < 1.29 is 14.3 Å². The van der Waals surface area contributed by atoms with Crippen LogP contribution in [-0.4, -0.2) is 25.7 Å². The molecule has 1 amide bonds. The van der Waals surface area contributed by atoms with Crippen molar-refractivity contribution in [2.45, 2.75) is 52.6 Å². The number of carbonyl (C=O) groups is 1. The van der Waals surface area contributed by atoms with E-state index in [1.54, 1.807) is 20.1 Å². The summed E-state index contributed by atoms with van der Waals surface area (Å²) in [6, 6.07) is 7.35. The Bertz CT molecular complexity index is 448. The third kappa shape index (κ3) is 5.96. The molecule has 0 radical (unpaired) electrons. The minimum atomic E-state index is -0.542. The summed E-state index contributed by atoms with van der Waals surface area (Å²) >= 11 is 0. The van der Waals surface area contributed by atoms with Gasteiger partial charge in [-0.05, 0) is 31.4 Å². The van der Waals surface area contributed by atoms with Crippen LogP contribution in [-0.2, 0) is 4.79 Å². The van der Waals surface area contributed by atoms with Gasteiger partial charge in [0.15, 0.2) is 17.6 Å². The number of benzene rings is 1. The molecule has 0 heterocycles. The maximum absolute atomic E-state index is 12.2. The second kappa shape index (κ2) is 10.1. The van der Waals surface area contributed by atoms with E-state index in [1.165, 1.54) is 12.8 Å². The fourth-order valence-corrected chi connectivity index (χ4v) is 2.29. The summed E-state index contributed by atoms with van der Waals surface area (Å²) in [5, 5.41) is 3.00. The molecule has 0 saturated heterocycles. The van der Waals surface area contributed by atoms with E-state index in [4.69, 9.17) is 9.47 Å². The van der Waals surface area contributed by atoms with Gasteiger partial charge in [0.05, 0.1) is 7.11 Å². The number of methoxy groups -OCH3 is 1. The molecule has 0 aromatic heterocycles. The highest BCUT2D eigenvalue weighted by Crippen LogP contribution is 2.26. The average molecular weight is 307 g/mol. The van der Waals surface area contributed by atoms with Crippen molar-refractivity contribution in [1.29, 1.82) is 0 Å². The highest BCUT2D eigenvalue weighted by molar-refractivity contribution is 5.80. The van der Waals surface area contributed by atoms with Crippen molar-refractivity contribution in [2.75, 3.05) is 13.7 Å². The first-order valence-corrected chi connectivity index (χ1v) is 8.19. The molecule has 0 unspecified atom stereocenters. The zero-order valence-electron chi connectivity index (χ0n) is 14.2. The van der Waals surface area contributed by atoms with Gasteiger partial charge in [0.25, 0.3) is 5.91 Å². The molecule has 1 rings (SSSR count). The number of carbonyl (C=O) groups excluding carboxylic acids is 1. The van der Waals surface area contributed by atoms with Gasteiger partial charge in [-0.15, -0.1) is 0 Å². The summed E-state index contributed by atoms with van der Waals surface area (Å²) in [5.74, 6) is 1.69. The van der Waals surface area contributed by atoms with Crippen LogP contribution in [0, 0.1) is 5.92 Å². The lowest BCUT2D eigenvalue weighted by Crippen LogP contribution is -2.38. The first-order valence-electron chi connectivity index (χ1n) is 8.19. The number of nitrogens with one attached hydrogen (secondary N) is 1. The molecule has 4 heteroatoms. The molecular weight excluding hydrogens is 278 g/mol. The number of hydrogen-bond acceptors (Lipinski definition) is 3. The SMILES string of the molecule is CCCC[C@@H](CC)CNC(=O)[C@H](C)Oc1ccccc1OC. The van der Waals surface area contributed by atoms with Gasteiger partial charge in [-0.2, -0.15) is 0 Å². The average Bonchev–Trinajstić information content (AvgIpc) is 2.55. The molecule has 1 aromatic carbocycles. The van der Waals surface area contributed by atoms with Crippen molar-refractivity contribution in [2.24, 2.45) is 5.92 Å². The summed E-state index contributed by atoms with van der Waals surface area (Å²) in [6.45, 7) is 6.83. The van der Waals surface area contributed by atoms with Crippen LogP contribution < -0.4 is 14.8 Å². The molecule has 0 aliphatic heterocycles. The Labute approximate surface area is 134 Å². The van der Waals surface area contributed by atoms with Crippen LogP contribution in [0.25, 0.3) is 0 Å². The van der Waals surface area contributed by atoms with Crippen LogP contribution in [0.4, 0.5) is 0 Å². The van der Waals surface area contributed by atoms with E-state index < -0.39 is 6.10 Å². The van der Waals surface area contributed by atoms with E-state index in [2.05, 4.69) is 19.2 Å². The fraction of sp³-hybridized carbons (Fsp3) is 0.611. The third-order valence-corrected chi connectivity index (χ3v) is 3.85. The van der Waals surface area contributed by atoms with E-state index in [1.807, 2.05) is 18.2 Å². The maximum atomic E-state index is 12.2. The second-order valence-corrected chi connectivity index (χ2v) is 5.57. The zero-order valence-corrected chi connectivity index (χ0v) is 14.2. The Kier molecular flexibility index (Phi) is 8.41. The number of amides is 1. The molecule has 0 aliphatic rings. The van der Waals surface area contributed by atoms with E-state index in [0.29, 0.717) is 17.4 Å². The standard InChI is InChI=1S/C18H29NO3/c1-5-7-10-15(6-2)13-19-18(20)14(3)22-17-12-9-8-11-16(17)21-4/h8-9,11-12,14-15H,5-7,10,13H2,1-4H3,(H,19,20)/t14-,15+/m0/s1. The minimum Gasteiger partial charge on any atom is -0.493 e. The van der Waals surface area contributed by atoms with E-state index >= 15 is 0 Å². The number of rotatable bonds is 10. The third-order valence-electron chi connectivity index (χ3n) is 3.85. The first kappa shape index (κ1) is 18.3. The van der Waals surface area contributed by atoms with Gasteiger partial charge in [0, 0.05) is 6.54 Å². The lowest BCUT2D eigenvalue weighted by atomic mass is 9.99. The normalized spacial score (nSPS) is 13.3. The van der Waals surface area contributed by atoms with Crippen molar-refractivity contribution in [3.63, 3.8) is 0 Å². The van der Waals surface area contributed by atoms with Crippen LogP contribution in [0.3, 0.4) is 0 Å². The first-order chi connectivity index (χ1) is 10.6. The lowest BCUT2D eigenvalue weighted by Gasteiger charge is -2.19. The smallest absolute Gasteiger partial charge is 0.260 e. The van der Waals surface area contributed by atoms with Crippen molar-refractivity contribution in [3.05, 3.63) is 24.3 Å². The molecule has 0 bridgehead atoms. The summed E-state index contributed by atoms with van der Waals surface area (Å²) < 4.78 is 10.9. The summed E-state index contributed by atoms with van der Waals surface area (Å²) in [4.78, 5) is 12.2. The Hall–Kier alpha value is -1.71. The number of ether oxygens (including phenoxy) is 2. The number of hydrogen-bond donors (Lipinski definition) is 1. The Balaban J connectivity index is 2.47. The summed E-state index contributed by atoms with van der Waals surface area (Å²) in [7, 11) is 1.59. The molecule has 0 fully saturated rings. The Morgan fingerprint density at radius 1 is 1.23 bits per heavy atom. The molecule has 124 valence electrons. The van der Waals surface area contributed by atoms with Gasteiger partial charge in [0.2, 0.25) is 0 Å². The van der Waals surface area contributed by atoms with E-state index in [9.17, 15) is 4.79 Å². The Morgan fingerprint density at radius 3 is 2.50 bits per heavy atom. The molecule has 2 atom stereocenters. The molecule has 0 aliphatic carbocycles. The highest BCUT2D eigenvalue weighted by atomic mass is 16.5. The second-order valence-electron chi connectivity index (χ2n) is 5.57. The topological polar surface area (TPSA) is 47.6 Å². The fourth-order valence-electron chi connectivity index (χ4n) is 2.29. The van der Waals surface area contributed by atoms with E-state index in [-0.39, 0.29) is 5.91 Å². The van der Waals surface area contributed by atoms with Gasteiger partial charge in [-0.1, -0.05) is 45.2 Å². The predicted octanol–water partition coefficient (Wildman–Crippen LogP) is 3.80.